The van der Waals surface area contributed by atoms with E-state index in [-0.39, 0.29) is 12.0 Å². The molecule has 2 aliphatic rings. The van der Waals surface area contributed by atoms with Gasteiger partial charge in [0.25, 0.3) is 5.91 Å². The molecule has 1 aromatic heterocycles. The van der Waals surface area contributed by atoms with Crippen LogP contribution in [0, 0.1) is 13.8 Å². The van der Waals surface area contributed by atoms with Crippen LogP contribution < -0.4 is 5.32 Å². The van der Waals surface area contributed by atoms with Crippen LogP contribution >= 0.6 is 0 Å². The van der Waals surface area contributed by atoms with Gasteiger partial charge in [-0.3, -0.25) is 14.8 Å². The summed E-state index contributed by atoms with van der Waals surface area (Å²) in [5.74, 6) is -0.0686. The molecule has 3 rings (SSSR count). The van der Waals surface area contributed by atoms with Crippen molar-refractivity contribution in [2.75, 3.05) is 26.2 Å². The summed E-state index contributed by atoms with van der Waals surface area (Å²) in [5, 5.41) is 9.85. The first-order valence-electron chi connectivity index (χ1n) is 7.30. The second-order valence-corrected chi connectivity index (χ2v) is 5.77. The largest absolute Gasteiger partial charge is 0.373 e. The van der Waals surface area contributed by atoms with Gasteiger partial charge in [0.1, 0.15) is 0 Å². The number of H-pyrrole nitrogens is 1. The Balaban J connectivity index is 1.53. The Morgan fingerprint density at radius 1 is 1.55 bits per heavy atom. The minimum absolute atomic E-state index is 0.0686. The minimum Gasteiger partial charge on any atom is -0.373 e. The molecule has 2 fully saturated rings. The number of aryl methyl sites for hydroxylation is 2. The van der Waals surface area contributed by atoms with Crippen LogP contribution in [0.15, 0.2) is 0 Å². The van der Waals surface area contributed by atoms with E-state index in [9.17, 15) is 4.79 Å². The minimum atomic E-state index is -0.0686. The average molecular weight is 278 g/mol. The number of carbonyl (C=O) groups excluding carboxylic acids is 1. The number of amides is 1. The van der Waals surface area contributed by atoms with Gasteiger partial charge in [0.15, 0.2) is 0 Å². The zero-order chi connectivity index (χ0) is 14.1. The predicted molar refractivity (Wildman–Crippen MR) is 74.7 cm³/mol. The number of fused-ring (bicyclic) bond motifs is 1. The molecule has 0 aromatic carbocycles. The van der Waals surface area contributed by atoms with E-state index in [4.69, 9.17) is 4.74 Å². The zero-order valence-corrected chi connectivity index (χ0v) is 12.1. The summed E-state index contributed by atoms with van der Waals surface area (Å²) in [6.07, 6.45) is 2.60. The molecule has 6 heteroatoms. The van der Waals surface area contributed by atoms with Crippen molar-refractivity contribution >= 4 is 5.91 Å². The molecule has 2 saturated heterocycles. The van der Waals surface area contributed by atoms with Crippen molar-refractivity contribution in [2.24, 2.45) is 0 Å². The summed E-state index contributed by atoms with van der Waals surface area (Å²) in [5.41, 5.74) is 2.20. The topological polar surface area (TPSA) is 70.2 Å². The molecule has 0 aliphatic carbocycles. The number of nitrogens with zero attached hydrogens (tertiary/aromatic N) is 2. The maximum atomic E-state index is 12.2. The van der Waals surface area contributed by atoms with E-state index < -0.39 is 0 Å². The first-order valence-corrected chi connectivity index (χ1v) is 7.30. The lowest BCUT2D eigenvalue weighted by Crippen LogP contribution is -2.50. The van der Waals surface area contributed by atoms with Crippen LogP contribution in [0.25, 0.3) is 0 Å². The quantitative estimate of drug-likeness (QED) is 0.850. The summed E-state index contributed by atoms with van der Waals surface area (Å²) in [4.78, 5) is 14.7. The molecule has 2 N–H and O–H groups in total. The van der Waals surface area contributed by atoms with Gasteiger partial charge < -0.3 is 10.1 Å². The second kappa shape index (κ2) is 5.54. The van der Waals surface area contributed by atoms with Crippen molar-refractivity contribution in [3.05, 3.63) is 17.0 Å². The summed E-state index contributed by atoms with van der Waals surface area (Å²) >= 11 is 0. The monoisotopic (exact) mass is 278 g/mol. The Hall–Kier alpha value is -1.40. The van der Waals surface area contributed by atoms with Crippen LogP contribution in [0.4, 0.5) is 0 Å². The number of hydrogen-bond donors (Lipinski definition) is 2. The van der Waals surface area contributed by atoms with Gasteiger partial charge in [-0.25, -0.2) is 0 Å². The third kappa shape index (κ3) is 2.58. The van der Waals surface area contributed by atoms with E-state index in [1.807, 2.05) is 13.8 Å². The Labute approximate surface area is 118 Å². The lowest BCUT2D eigenvalue weighted by atomic mass is 10.1. The highest BCUT2D eigenvalue weighted by Crippen LogP contribution is 2.22. The fourth-order valence-corrected chi connectivity index (χ4v) is 3.19. The molecular weight excluding hydrogens is 256 g/mol. The van der Waals surface area contributed by atoms with E-state index in [1.54, 1.807) is 0 Å². The van der Waals surface area contributed by atoms with Gasteiger partial charge in [0.05, 0.1) is 24.0 Å². The summed E-state index contributed by atoms with van der Waals surface area (Å²) < 4.78 is 5.84. The average Bonchev–Trinajstić information content (AvgIpc) is 3.02. The molecule has 3 heterocycles. The fourth-order valence-electron chi connectivity index (χ4n) is 3.19. The maximum Gasteiger partial charge on any atom is 0.255 e. The Morgan fingerprint density at radius 3 is 3.15 bits per heavy atom. The Morgan fingerprint density at radius 2 is 2.40 bits per heavy atom. The Bertz CT molecular complexity index is 480. The summed E-state index contributed by atoms with van der Waals surface area (Å²) in [6.45, 7) is 7.15. The van der Waals surface area contributed by atoms with Gasteiger partial charge >= 0.3 is 0 Å². The van der Waals surface area contributed by atoms with E-state index in [0.717, 1.165) is 24.5 Å². The van der Waals surface area contributed by atoms with Crippen LogP contribution in [-0.4, -0.2) is 59.4 Å². The van der Waals surface area contributed by atoms with Crippen molar-refractivity contribution < 1.29 is 9.53 Å². The number of nitrogens with one attached hydrogen (secondary N) is 2. The molecule has 0 spiro atoms. The summed E-state index contributed by atoms with van der Waals surface area (Å²) in [7, 11) is 0. The molecular formula is C14H22N4O2. The normalized spacial score (nSPS) is 26.5. The first-order chi connectivity index (χ1) is 9.65. The van der Waals surface area contributed by atoms with E-state index in [1.165, 1.54) is 19.4 Å². The lowest BCUT2D eigenvalue weighted by molar-refractivity contribution is -0.0461. The number of hydrogen-bond acceptors (Lipinski definition) is 4. The molecule has 20 heavy (non-hydrogen) atoms. The summed E-state index contributed by atoms with van der Waals surface area (Å²) in [6, 6.07) is 0.598. The van der Waals surface area contributed by atoms with E-state index >= 15 is 0 Å². The number of ether oxygens (including phenoxy) is 1. The van der Waals surface area contributed by atoms with Gasteiger partial charge in [0.2, 0.25) is 0 Å². The van der Waals surface area contributed by atoms with E-state index in [2.05, 4.69) is 20.4 Å². The highest BCUT2D eigenvalue weighted by Gasteiger charge is 2.32. The van der Waals surface area contributed by atoms with Crippen molar-refractivity contribution in [1.82, 2.24) is 20.4 Å². The molecule has 1 aromatic rings. The number of morpholine rings is 1. The van der Waals surface area contributed by atoms with E-state index in [0.29, 0.717) is 18.2 Å². The fraction of sp³-hybridized carbons (Fsp3) is 0.714. The Kier molecular flexibility index (Phi) is 3.76. The molecule has 6 nitrogen and oxygen atoms in total. The third-order valence-electron chi connectivity index (χ3n) is 4.31. The molecule has 0 bridgehead atoms. The van der Waals surface area contributed by atoms with Gasteiger partial charge in [-0.05, 0) is 33.2 Å². The van der Waals surface area contributed by atoms with Crippen LogP contribution in [0.2, 0.25) is 0 Å². The SMILES string of the molecule is Cc1n[nH]c(C)c1C(=O)NCC1CN2CCCC2CO1. The number of aromatic amines is 1. The van der Waals surface area contributed by atoms with Crippen molar-refractivity contribution in [1.29, 1.82) is 0 Å². The van der Waals surface area contributed by atoms with Crippen LogP contribution in [0.1, 0.15) is 34.6 Å². The highest BCUT2D eigenvalue weighted by molar-refractivity contribution is 5.96. The maximum absolute atomic E-state index is 12.2. The standard InChI is InChI=1S/C14H22N4O2/c1-9-13(10(2)17-16-9)14(19)15-6-12-7-18-5-3-4-11(18)8-20-12/h11-12H,3-8H2,1-2H3,(H,15,19)(H,16,17). The van der Waals surface area contributed by atoms with Gasteiger partial charge in [-0.15, -0.1) is 0 Å². The molecule has 1 amide bonds. The zero-order valence-electron chi connectivity index (χ0n) is 12.1. The number of aromatic nitrogens is 2. The number of rotatable bonds is 3. The molecule has 110 valence electrons. The van der Waals surface area contributed by atoms with Crippen LogP contribution in [0.3, 0.4) is 0 Å². The molecule has 0 saturated carbocycles. The second-order valence-electron chi connectivity index (χ2n) is 5.77. The molecule has 2 aliphatic heterocycles. The van der Waals surface area contributed by atoms with Crippen molar-refractivity contribution in [3.63, 3.8) is 0 Å². The smallest absolute Gasteiger partial charge is 0.255 e. The predicted octanol–water partition coefficient (Wildman–Crippen LogP) is 0.620. The van der Waals surface area contributed by atoms with Gasteiger partial charge in [0, 0.05) is 24.8 Å². The van der Waals surface area contributed by atoms with Crippen LogP contribution in [0.5, 0.6) is 0 Å². The van der Waals surface area contributed by atoms with Crippen molar-refractivity contribution in [3.8, 4) is 0 Å². The molecule has 2 atom stereocenters. The third-order valence-corrected chi connectivity index (χ3v) is 4.31. The highest BCUT2D eigenvalue weighted by atomic mass is 16.5. The molecule has 2 unspecified atom stereocenters. The van der Waals surface area contributed by atoms with Crippen LogP contribution in [-0.2, 0) is 4.74 Å². The first kappa shape index (κ1) is 13.6. The lowest BCUT2D eigenvalue weighted by Gasteiger charge is -2.35. The van der Waals surface area contributed by atoms with Crippen molar-refractivity contribution in [2.45, 2.75) is 38.8 Å². The van der Waals surface area contributed by atoms with Gasteiger partial charge in [-0.2, -0.15) is 5.10 Å². The molecule has 0 radical (unpaired) electrons. The van der Waals surface area contributed by atoms with Gasteiger partial charge in [-0.1, -0.05) is 0 Å². The number of carbonyl (C=O) groups is 1.